The molecular weight excluding hydrogens is 613 g/mol. The zero-order valence-electron chi connectivity index (χ0n) is 27.7. The van der Waals surface area contributed by atoms with E-state index in [1.165, 1.54) is 29.4 Å². The first-order valence-corrected chi connectivity index (χ1v) is 15.3. The van der Waals surface area contributed by atoms with Crippen molar-refractivity contribution in [3.63, 3.8) is 0 Å². The van der Waals surface area contributed by atoms with Gasteiger partial charge in [0.15, 0.2) is 5.82 Å². The normalized spacial score (nSPS) is 19.2. The second-order valence-electron chi connectivity index (χ2n) is 14.0. The van der Waals surface area contributed by atoms with Crippen LogP contribution in [0.5, 0.6) is 5.88 Å². The highest BCUT2D eigenvalue weighted by molar-refractivity contribution is 6.05. The molecule has 1 fully saturated rings. The number of amides is 3. The van der Waals surface area contributed by atoms with E-state index in [2.05, 4.69) is 20.6 Å². The molecule has 3 N–H and O–H groups in total. The van der Waals surface area contributed by atoms with Crippen LogP contribution in [0.1, 0.15) is 66.9 Å². The summed E-state index contributed by atoms with van der Waals surface area (Å²) in [5, 5.41) is 15.7. The Balaban J connectivity index is 1.58. The van der Waals surface area contributed by atoms with Gasteiger partial charge in [0.1, 0.15) is 35.4 Å². The van der Waals surface area contributed by atoms with E-state index < -0.39 is 47.0 Å². The van der Waals surface area contributed by atoms with Gasteiger partial charge in [0.25, 0.3) is 0 Å². The molecule has 1 aliphatic heterocycles. The van der Waals surface area contributed by atoms with Gasteiger partial charge in [-0.05, 0) is 78.5 Å². The van der Waals surface area contributed by atoms with Crippen molar-refractivity contribution < 1.29 is 42.8 Å². The molecule has 0 spiro atoms. The zero-order chi connectivity index (χ0) is 34.5. The molecule has 0 atom stereocenters. The number of carbonyl (C=O) groups excluding carboxylic acids is 3. The number of aliphatic hydroxyl groups is 1. The monoisotopic (exact) mass is 653 g/mol. The van der Waals surface area contributed by atoms with Gasteiger partial charge < -0.3 is 24.1 Å². The Labute approximate surface area is 271 Å². The number of anilines is 3. The lowest BCUT2D eigenvalue weighted by molar-refractivity contribution is -0.100. The van der Waals surface area contributed by atoms with Gasteiger partial charge in [-0.2, -0.15) is 0 Å². The fourth-order valence-electron chi connectivity index (χ4n) is 5.46. The molecular formula is C33H40FN5O8. The number of benzene rings is 1. The molecule has 2 aromatic heterocycles. The van der Waals surface area contributed by atoms with Crippen LogP contribution in [-0.4, -0.2) is 69.4 Å². The molecule has 1 aliphatic carbocycles. The minimum absolute atomic E-state index is 0.0440. The Bertz CT molecular complexity index is 1740. The highest BCUT2D eigenvalue weighted by Crippen LogP contribution is 2.43. The van der Waals surface area contributed by atoms with Crippen molar-refractivity contribution in [1.29, 1.82) is 0 Å². The predicted molar refractivity (Wildman–Crippen MR) is 172 cm³/mol. The van der Waals surface area contributed by atoms with Crippen LogP contribution in [0.4, 0.5) is 36.0 Å². The first-order chi connectivity index (χ1) is 21.8. The van der Waals surface area contributed by atoms with Crippen molar-refractivity contribution in [2.75, 3.05) is 28.7 Å². The highest BCUT2D eigenvalue weighted by atomic mass is 19.1. The van der Waals surface area contributed by atoms with Crippen molar-refractivity contribution in [3.05, 3.63) is 35.9 Å². The second-order valence-corrected chi connectivity index (χ2v) is 14.0. The van der Waals surface area contributed by atoms with Crippen LogP contribution in [0.2, 0.25) is 0 Å². The largest absolute Gasteiger partial charge is 0.474 e. The minimum atomic E-state index is -0.887. The lowest BCUT2D eigenvalue weighted by Crippen LogP contribution is -2.47. The number of halogens is 1. The van der Waals surface area contributed by atoms with Crippen molar-refractivity contribution >= 4 is 46.2 Å². The molecule has 1 aromatic carbocycles. The fourth-order valence-corrected chi connectivity index (χ4v) is 5.46. The summed E-state index contributed by atoms with van der Waals surface area (Å²) >= 11 is 0. The maximum atomic E-state index is 16.6. The number of ether oxygens (including phenoxy) is 4. The molecule has 252 valence electrons. The number of aromatic nitrogens is 2. The van der Waals surface area contributed by atoms with E-state index in [0.717, 1.165) is 0 Å². The maximum Gasteiger partial charge on any atom is 0.415 e. The molecule has 5 rings (SSSR count). The first kappa shape index (κ1) is 33.6. The lowest BCUT2D eigenvalue weighted by Gasteiger charge is -2.39. The van der Waals surface area contributed by atoms with Crippen molar-refractivity contribution in [2.24, 2.45) is 0 Å². The number of nitrogens with zero attached hydrogens (tertiary/aromatic N) is 3. The van der Waals surface area contributed by atoms with E-state index in [4.69, 9.17) is 18.9 Å². The number of hydrogen-bond acceptors (Lipinski definition) is 10. The van der Waals surface area contributed by atoms with E-state index in [1.807, 2.05) is 0 Å². The molecule has 0 radical (unpaired) electrons. The van der Waals surface area contributed by atoms with Gasteiger partial charge in [-0.15, -0.1) is 0 Å². The summed E-state index contributed by atoms with van der Waals surface area (Å²) in [6, 6.07) is 3.04. The van der Waals surface area contributed by atoms with Gasteiger partial charge >= 0.3 is 18.3 Å². The molecule has 0 bridgehead atoms. The minimum Gasteiger partial charge on any atom is -0.474 e. The van der Waals surface area contributed by atoms with Gasteiger partial charge in [-0.1, -0.05) is 0 Å². The predicted octanol–water partition coefficient (Wildman–Crippen LogP) is 6.69. The van der Waals surface area contributed by atoms with Crippen LogP contribution in [0, 0.1) is 12.7 Å². The van der Waals surface area contributed by atoms with Crippen LogP contribution >= 0.6 is 0 Å². The molecule has 2 aliphatic rings. The molecule has 3 amide bonds. The first-order valence-electron chi connectivity index (χ1n) is 15.3. The number of rotatable bonds is 4. The maximum absolute atomic E-state index is 16.6. The number of carbonyl (C=O) groups is 3. The Hall–Kier alpha value is -4.72. The van der Waals surface area contributed by atoms with Crippen molar-refractivity contribution in [1.82, 2.24) is 9.97 Å². The van der Waals surface area contributed by atoms with Crippen LogP contribution in [0.25, 0.3) is 21.9 Å². The van der Waals surface area contributed by atoms with Gasteiger partial charge in [-0.3, -0.25) is 15.5 Å². The van der Waals surface area contributed by atoms with E-state index in [-0.39, 0.29) is 41.5 Å². The summed E-state index contributed by atoms with van der Waals surface area (Å²) in [5.41, 5.74) is -1.52. The third-order valence-electron chi connectivity index (χ3n) is 7.43. The van der Waals surface area contributed by atoms with Crippen molar-refractivity contribution in [3.8, 4) is 17.0 Å². The van der Waals surface area contributed by atoms with Gasteiger partial charge in [0.05, 0.1) is 17.8 Å². The van der Waals surface area contributed by atoms with E-state index in [9.17, 15) is 19.5 Å². The Morgan fingerprint density at radius 2 is 1.68 bits per heavy atom. The van der Waals surface area contributed by atoms with E-state index in [1.54, 1.807) is 55.4 Å². The summed E-state index contributed by atoms with van der Waals surface area (Å²) in [6.07, 6.45) is 0.699. The Kier molecular flexibility index (Phi) is 8.69. The van der Waals surface area contributed by atoms with Gasteiger partial charge in [-0.25, -0.2) is 28.7 Å². The summed E-state index contributed by atoms with van der Waals surface area (Å²) < 4.78 is 38.7. The summed E-state index contributed by atoms with van der Waals surface area (Å²) in [4.78, 5) is 48.6. The zero-order valence-corrected chi connectivity index (χ0v) is 27.7. The molecule has 13 nitrogen and oxygen atoms in total. The van der Waals surface area contributed by atoms with Gasteiger partial charge in [0, 0.05) is 41.7 Å². The van der Waals surface area contributed by atoms with Crippen LogP contribution in [0.3, 0.4) is 0 Å². The molecule has 0 unspecified atom stereocenters. The number of fused-ring (bicyclic) bond motifs is 2. The SMILES string of the molecule is Cc1c(-c2cc3cc(NC(=O)O[C@H]4C[C@@](C)(O)C4)ncc3c(NC(=O)OC(C)(C)C)c2F)cnc2c1N(C(=O)OC(C)(C)C)CCO2. The quantitative estimate of drug-likeness (QED) is 0.259. The lowest BCUT2D eigenvalue weighted by atomic mass is 9.79. The Morgan fingerprint density at radius 1 is 1.00 bits per heavy atom. The molecule has 3 aromatic rings. The molecule has 47 heavy (non-hydrogen) atoms. The average Bonchev–Trinajstić information content (AvgIpc) is 2.91. The van der Waals surface area contributed by atoms with E-state index in [0.29, 0.717) is 35.0 Å². The summed E-state index contributed by atoms with van der Waals surface area (Å²) in [5.74, 6) is -0.495. The van der Waals surface area contributed by atoms with Crippen molar-refractivity contribution in [2.45, 2.75) is 91.1 Å². The van der Waals surface area contributed by atoms with Crippen LogP contribution < -0.4 is 20.3 Å². The number of pyridine rings is 2. The smallest absolute Gasteiger partial charge is 0.415 e. The van der Waals surface area contributed by atoms with Crippen LogP contribution in [-0.2, 0) is 14.2 Å². The fraction of sp³-hybridized carbons (Fsp3) is 0.485. The van der Waals surface area contributed by atoms with Crippen LogP contribution in [0.15, 0.2) is 24.5 Å². The van der Waals surface area contributed by atoms with Gasteiger partial charge in [0.2, 0.25) is 5.88 Å². The second kappa shape index (κ2) is 12.1. The third-order valence-corrected chi connectivity index (χ3v) is 7.43. The highest BCUT2D eigenvalue weighted by Gasteiger charge is 2.41. The number of hydrogen-bond donors (Lipinski definition) is 3. The molecule has 1 saturated carbocycles. The standard InChI is InChI=1S/C33H40FN5O8/c1-17-21(15-36-27-26(17)39(9-10-44-27)30(42)47-32(5,6)7)20-11-18-12-23(37-28(40)45-19-13-33(8,43)14-19)35-16-22(18)25(24(20)34)38-29(41)46-31(2,3)4/h11-12,15-16,19,43H,9-10,13-14H2,1-8H3,(H,38,41)(H,35,37,40)/t19-,33+. The Morgan fingerprint density at radius 3 is 2.32 bits per heavy atom. The molecule has 0 saturated heterocycles. The summed E-state index contributed by atoms with van der Waals surface area (Å²) in [7, 11) is 0. The third kappa shape index (κ3) is 7.64. The van der Waals surface area contributed by atoms with E-state index >= 15 is 4.39 Å². The number of nitrogens with one attached hydrogen (secondary N) is 2. The average molecular weight is 654 g/mol. The summed E-state index contributed by atoms with van der Waals surface area (Å²) in [6.45, 7) is 14.1. The molecule has 3 heterocycles. The molecule has 14 heteroatoms. The topological polar surface area (TPSA) is 161 Å².